The van der Waals surface area contributed by atoms with Crippen LogP contribution in [0.1, 0.15) is 12.8 Å². The van der Waals surface area contributed by atoms with Crippen LogP contribution in [0.4, 0.5) is 0 Å². The highest BCUT2D eigenvalue weighted by atomic mass is 14.8. The van der Waals surface area contributed by atoms with Crippen LogP contribution in [0.15, 0.2) is 11.9 Å². The van der Waals surface area contributed by atoms with E-state index in [4.69, 9.17) is 16.9 Å². The fourth-order valence-corrected chi connectivity index (χ4v) is 0.692. The van der Waals surface area contributed by atoms with Crippen LogP contribution in [0.2, 0.25) is 0 Å². The van der Waals surface area contributed by atoms with Crippen molar-refractivity contribution in [1.29, 1.82) is 5.41 Å². The van der Waals surface area contributed by atoms with Crippen molar-refractivity contribution in [2.45, 2.75) is 12.8 Å². The first kappa shape index (κ1) is 6.13. The minimum Gasteiger partial charge on any atom is -0.386 e. The number of nitrogens with two attached hydrogens (primary N) is 2. The third-order valence-corrected chi connectivity index (χ3v) is 1.34. The zero-order valence-electron chi connectivity index (χ0n) is 5.22. The molecule has 0 heterocycles. The fraction of sp³-hybridized carbons (Fsp3) is 0.500. The number of hydrogen-bond acceptors (Lipinski definition) is 3. The van der Waals surface area contributed by atoms with Crippen LogP contribution in [0.5, 0.6) is 0 Å². The molecular weight excluding hydrogens is 114 g/mol. The number of allylic oxidation sites excluding steroid dienone is 1. The van der Waals surface area contributed by atoms with Gasteiger partial charge in [0.1, 0.15) is 0 Å². The van der Waals surface area contributed by atoms with Crippen molar-refractivity contribution in [2.75, 3.05) is 0 Å². The Morgan fingerprint density at radius 1 is 1.44 bits per heavy atom. The molecule has 5 N–H and O–H groups in total. The Morgan fingerprint density at radius 3 is 2.33 bits per heavy atom. The van der Waals surface area contributed by atoms with E-state index in [0.717, 1.165) is 12.8 Å². The van der Waals surface area contributed by atoms with Gasteiger partial charge >= 0.3 is 0 Å². The molecule has 3 heteroatoms. The minimum absolute atomic E-state index is 0.243. The topological polar surface area (TPSA) is 75.9 Å². The Hall–Kier alpha value is -0.990. The SMILES string of the molecule is N=C(C=C(N)N)C1CC1. The molecule has 0 spiro atoms. The summed E-state index contributed by atoms with van der Waals surface area (Å²) in [6, 6.07) is 0. The van der Waals surface area contributed by atoms with Gasteiger partial charge in [-0.25, -0.2) is 0 Å². The molecule has 1 rings (SSSR count). The first-order valence-electron chi connectivity index (χ1n) is 3.01. The molecule has 3 nitrogen and oxygen atoms in total. The Balaban J connectivity index is 2.42. The van der Waals surface area contributed by atoms with Gasteiger partial charge in [-0.2, -0.15) is 0 Å². The summed E-state index contributed by atoms with van der Waals surface area (Å²) < 4.78 is 0. The van der Waals surface area contributed by atoms with E-state index in [0.29, 0.717) is 11.6 Å². The predicted octanol–water partition coefficient (Wildman–Crippen LogP) is 0.175. The molecule has 1 fully saturated rings. The van der Waals surface area contributed by atoms with E-state index in [2.05, 4.69) is 0 Å². The highest BCUT2D eigenvalue weighted by Crippen LogP contribution is 2.30. The molecule has 0 aromatic heterocycles. The van der Waals surface area contributed by atoms with Gasteiger partial charge in [0.15, 0.2) is 0 Å². The van der Waals surface area contributed by atoms with Gasteiger partial charge in [-0.3, -0.25) is 0 Å². The highest BCUT2D eigenvalue weighted by molar-refractivity contribution is 5.96. The molecule has 0 unspecified atom stereocenters. The maximum absolute atomic E-state index is 7.30. The summed E-state index contributed by atoms with van der Waals surface area (Å²) in [5.74, 6) is 0.694. The van der Waals surface area contributed by atoms with Gasteiger partial charge in [-0.1, -0.05) is 0 Å². The predicted molar refractivity (Wildman–Crippen MR) is 36.9 cm³/mol. The molecular formula is C6H11N3. The second kappa shape index (κ2) is 2.09. The Morgan fingerprint density at radius 2 is 2.00 bits per heavy atom. The average Bonchev–Trinajstić information content (AvgIpc) is 2.40. The molecule has 0 saturated heterocycles. The Kier molecular flexibility index (Phi) is 1.42. The second-order valence-electron chi connectivity index (χ2n) is 2.37. The summed E-state index contributed by atoms with van der Waals surface area (Å²) >= 11 is 0. The summed E-state index contributed by atoms with van der Waals surface area (Å²) in [7, 11) is 0. The number of nitrogens with one attached hydrogen (secondary N) is 1. The normalized spacial score (nSPS) is 16.9. The summed E-state index contributed by atoms with van der Waals surface area (Å²) in [5.41, 5.74) is 10.9. The van der Waals surface area contributed by atoms with Gasteiger partial charge in [0.2, 0.25) is 0 Å². The molecule has 0 radical (unpaired) electrons. The molecule has 0 aromatic rings. The lowest BCUT2D eigenvalue weighted by atomic mass is 10.2. The van der Waals surface area contributed by atoms with Gasteiger partial charge in [0, 0.05) is 11.6 Å². The third kappa shape index (κ3) is 1.76. The highest BCUT2D eigenvalue weighted by Gasteiger charge is 2.24. The monoisotopic (exact) mass is 125 g/mol. The van der Waals surface area contributed by atoms with Gasteiger partial charge in [0.05, 0.1) is 5.82 Å². The zero-order valence-corrected chi connectivity index (χ0v) is 5.22. The lowest BCUT2D eigenvalue weighted by molar-refractivity contribution is 1.15. The van der Waals surface area contributed by atoms with Crippen molar-refractivity contribution in [1.82, 2.24) is 0 Å². The van der Waals surface area contributed by atoms with E-state index in [-0.39, 0.29) is 5.82 Å². The number of hydrogen-bond donors (Lipinski definition) is 3. The molecule has 0 aliphatic heterocycles. The minimum atomic E-state index is 0.243. The van der Waals surface area contributed by atoms with Crippen molar-refractivity contribution in [2.24, 2.45) is 17.4 Å². The first-order valence-corrected chi connectivity index (χ1v) is 3.01. The summed E-state index contributed by atoms with van der Waals surface area (Å²) in [6.45, 7) is 0. The van der Waals surface area contributed by atoms with Gasteiger partial charge in [-0.05, 0) is 18.9 Å². The van der Waals surface area contributed by atoms with Gasteiger partial charge < -0.3 is 16.9 Å². The molecule has 0 aromatic carbocycles. The van der Waals surface area contributed by atoms with Gasteiger partial charge in [-0.15, -0.1) is 0 Å². The van der Waals surface area contributed by atoms with Crippen LogP contribution in [0.25, 0.3) is 0 Å². The van der Waals surface area contributed by atoms with Crippen LogP contribution in [-0.4, -0.2) is 5.71 Å². The lowest BCUT2D eigenvalue weighted by Crippen LogP contribution is -2.11. The zero-order chi connectivity index (χ0) is 6.85. The van der Waals surface area contributed by atoms with E-state index in [9.17, 15) is 0 Å². The van der Waals surface area contributed by atoms with E-state index < -0.39 is 0 Å². The summed E-state index contributed by atoms with van der Waals surface area (Å²) in [4.78, 5) is 0. The molecule has 0 atom stereocenters. The van der Waals surface area contributed by atoms with Crippen LogP contribution < -0.4 is 11.5 Å². The molecule has 0 bridgehead atoms. The van der Waals surface area contributed by atoms with E-state index in [1.807, 2.05) is 0 Å². The van der Waals surface area contributed by atoms with Crippen molar-refractivity contribution >= 4 is 5.71 Å². The smallest absolute Gasteiger partial charge is 0.0951 e. The third-order valence-electron chi connectivity index (χ3n) is 1.34. The first-order chi connectivity index (χ1) is 4.20. The molecule has 1 aliphatic carbocycles. The number of rotatable bonds is 2. The molecule has 1 aliphatic rings. The summed E-state index contributed by atoms with van der Waals surface area (Å²) in [6.07, 6.45) is 3.78. The lowest BCUT2D eigenvalue weighted by Gasteiger charge is -1.92. The van der Waals surface area contributed by atoms with Crippen molar-refractivity contribution in [3.05, 3.63) is 11.9 Å². The van der Waals surface area contributed by atoms with E-state index in [1.165, 1.54) is 6.08 Å². The largest absolute Gasteiger partial charge is 0.386 e. The molecule has 50 valence electrons. The van der Waals surface area contributed by atoms with E-state index in [1.54, 1.807) is 0 Å². The van der Waals surface area contributed by atoms with Crippen LogP contribution >= 0.6 is 0 Å². The van der Waals surface area contributed by atoms with Crippen molar-refractivity contribution in [3.63, 3.8) is 0 Å². The van der Waals surface area contributed by atoms with Crippen LogP contribution in [-0.2, 0) is 0 Å². The van der Waals surface area contributed by atoms with E-state index >= 15 is 0 Å². The van der Waals surface area contributed by atoms with Crippen LogP contribution in [0, 0.1) is 11.3 Å². The quantitative estimate of drug-likeness (QED) is 0.460. The molecule has 1 saturated carbocycles. The summed E-state index contributed by atoms with van der Waals surface area (Å²) in [5, 5.41) is 7.30. The van der Waals surface area contributed by atoms with Gasteiger partial charge in [0.25, 0.3) is 0 Å². The Labute approximate surface area is 54.2 Å². The van der Waals surface area contributed by atoms with Crippen molar-refractivity contribution < 1.29 is 0 Å². The fourth-order valence-electron chi connectivity index (χ4n) is 0.692. The molecule has 9 heavy (non-hydrogen) atoms. The average molecular weight is 125 g/mol. The molecule has 0 amide bonds. The maximum Gasteiger partial charge on any atom is 0.0951 e. The maximum atomic E-state index is 7.30. The Bertz CT molecular complexity index is 152. The van der Waals surface area contributed by atoms with Crippen LogP contribution in [0.3, 0.4) is 0 Å². The van der Waals surface area contributed by atoms with Crippen molar-refractivity contribution in [3.8, 4) is 0 Å². The standard InChI is InChI=1S/C6H11N3/c7-5(3-6(8)9)4-1-2-4/h3-4,7H,1-2,8-9H2. The second-order valence-corrected chi connectivity index (χ2v) is 2.37.